The molecule has 0 aliphatic rings. The summed E-state index contributed by atoms with van der Waals surface area (Å²) in [5.41, 5.74) is 0.896. The fraction of sp³-hybridized carbons (Fsp3) is 0.786. The van der Waals surface area contributed by atoms with Gasteiger partial charge in [-0.1, -0.05) is 19.0 Å². The molecule has 0 saturated heterocycles. The van der Waals surface area contributed by atoms with E-state index in [1.165, 1.54) is 0 Å². The largest absolute Gasteiger partial charge is 0.385 e. The molecule has 1 aromatic rings. The van der Waals surface area contributed by atoms with Gasteiger partial charge in [0.05, 0.1) is 18.9 Å². The van der Waals surface area contributed by atoms with Crippen molar-refractivity contribution in [2.45, 2.75) is 39.5 Å². The Morgan fingerprint density at radius 1 is 1.20 bits per heavy atom. The standard InChI is InChI=1S/C14H26N2O4/c1-12(2)15-10-13-9-14(20-16-13)11-19-8-7-18-6-4-5-17-3/h9,12,15H,4-8,10-11H2,1-3H3. The van der Waals surface area contributed by atoms with Gasteiger partial charge in [0, 0.05) is 39.0 Å². The minimum atomic E-state index is 0.427. The fourth-order valence-corrected chi connectivity index (χ4v) is 1.51. The van der Waals surface area contributed by atoms with Crippen LogP contribution in [-0.2, 0) is 27.4 Å². The van der Waals surface area contributed by atoms with Crippen LogP contribution in [0.25, 0.3) is 0 Å². The number of hydrogen-bond acceptors (Lipinski definition) is 6. The van der Waals surface area contributed by atoms with E-state index >= 15 is 0 Å². The average molecular weight is 286 g/mol. The van der Waals surface area contributed by atoms with Gasteiger partial charge in [-0.2, -0.15) is 0 Å². The van der Waals surface area contributed by atoms with Crippen molar-refractivity contribution in [3.8, 4) is 0 Å². The molecule has 1 heterocycles. The number of aromatic nitrogens is 1. The molecule has 1 aromatic heterocycles. The SMILES string of the molecule is COCCCOCCOCc1cc(CNC(C)C)no1. The van der Waals surface area contributed by atoms with Gasteiger partial charge in [0.1, 0.15) is 6.61 Å². The molecular formula is C14H26N2O4. The lowest BCUT2D eigenvalue weighted by Gasteiger charge is -2.04. The van der Waals surface area contributed by atoms with Gasteiger partial charge in [0.25, 0.3) is 0 Å². The normalized spacial score (nSPS) is 11.4. The molecule has 0 fully saturated rings. The van der Waals surface area contributed by atoms with Crippen LogP contribution in [0.5, 0.6) is 0 Å². The van der Waals surface area contributed by atoms with Crippen LogP contribution >= 0.6 is 0 Å². The van der Waals surface area contributed by atoms with Crippen molar-refractivity contribution in [2.75, 3.05) is 33.5 Å². The molecule has 0 amide bonds. The van der Waals surface area contributed by atoms with Crippen LogP contribution in [0.4, 0.5) is 0 Å². The molecule has 0 aromatic carbocycles. The molecule has 116 valence electrons. The Labute approximate surface area is 120 Å². The minimum absolute atomic E-state index is 0.427. The third-order valence-corrected chi connectivity index (χ3v) is 2.55. The highest BCUT2D eigenvalue weighted by molar-refractivity contribution is 5.04. The topological polar surface area (TPSA) is 65.8 Å². The molecule has 6 nitrogen and oxygen atoms in total. The first-order chi connectivity index (χ1) is 9.72. The summed E-state index contributed by atoms with van der Waals surface area (Å²) >= 11 is 0. The number of methoxy groups -OCH3 is 1. The second-order valence-electron chi connectivity index (χ2n) is 4.83. The Morgan fingerprint density at radius 2 is 2.00 bits per heavy atom. The van der Waals surface area contributed by atoms with Crippen LogP contribution in [-0.4, -0.2) is 44.7 Å². The molecule has 1 N–H and O–H groups in total. The second-order valence-corrected chi connectivity index (χ2v) is 4.83. The molecule has 6 heteroatoms. The number of hydrogen-bond donors (Lipinski definition) is 1. The molecule has 0 aliphatic carbocycles. The molecule has 0 atom stereocenters. The Kier molecular flexibility index (Phi) is 9.23. The Balaban J connectivity index is 2.01. The van der Waals surface area contributed by atoms with Crippen LogP contribution < -0.4 is 5.32 Å². The number of rotatable bonds is 12. The van der Waals surface area contributed by atoms with Gasteiger partial charge in [0.2, 0.25) is 0 Å². The van der Waals surface area contributed by atoms with Crippen molar-refractivity contribution in [1.29, 1.82) is 0 Å². The van der Waals surface area contributed by atoms with Crippen LogP contribution in [0.1, 0.15) is 31.7 Å². The summed E-state index contributed by atoms with van der Waals surface area (Å²) in [5.74, 6) is 0.741. The Morgan fingerprint density at radius 3 is 2.75 bits per heavy atom. The fourth-order valence-electron chi connectivity index (χ4n) is 1.51. The third-order valence-electron chi connectivity index (χ3n) is 2.55. The lowest BCUT2D eigenvalue weighted by atomic mass is 10.3. The number of nitrogens with one attached hydrogen (secondary N) is 1. The van der Waals surface area contributed by atoms with Crippen LogP contribution in [0.15, 0.2) is 10.6 Å². The van der Waals surface area contributed by atoms with Crippen molar-refractivity contribution >= 4 is 0 Å². The molecule has 0 aliphatic heterocycles. The van der Waals surface area contributed by atoms with Gasteiger partial charge in [-0.15, -0.1) is 0 Å². The Hall–Kier alpha value is -0.950. The minimum Gasteiger partial charge on any atom is -0.385 e. The highest BCUT2D eigenvalue weighted by atomic mass is 16.5. The summed E-state index contributed by atoms with van der Waals surface area (Å²) in [6.45, 7) is 7.89. The highest BCUT2D eigenvalue weighted by Gasteiger charge is 2.04. The van der Waals surface area contributed by atoms with Crippen LogP contribution in [0, 0.1) is 0 Å². The van der Waals surface area contributed by atoms with E-state index in [1.807, 2.05) is 6.07 Å². The monoisotopic (exact) mass is 286 g/mol. The smallest absolute Gasteiger partial charge is 0.162 e. The summed E-state index contributed by atoms with van der Waals surface area (Å²) in [5, 5.41) is 7.26. The lowest BCUT2D eigenvalue weighted by molar-refractivity contribution is 0.0272. The quantitative estimate of drug-likeness (QED) is 0.590. The Bertz CT molecular complexity index is 342. The predicted octanol–water partition coefficient (Wildman–Crippen LogP) is 1.74. The molecule has 0 bridgehead atoms. The average Bonchev–Trinajstić information content (AvgIpc) is 2.87. The second kappa shape index (κ2) is 10.8. The van der Waals surface area contributed by atoms with E-state index in [4.69, 9.17) is 18.7 Å². The van der Waals surface area contributed by atoms with E-state index in [2.05, 4.69) is 24.3 Å². The number of ether oxygens (including phenoxy) is 3. The molecule has 0 spiro atoms. The zero-order valence-corrected chi connectivity index (χ0v) is 12.7. The first-order valence-electron chi connectivity index (χ1n) is 7.04. The zero-order chi connectivity index (χ0) is 14.6. The third kappa shape index (κ3) is 8.27. The maximum Gasteiger partial charge on any atom is 0.162 e. The first kappa shape index (κ1) is 17.1. The van der Waals surface area contributed by atoms with Crippen molar-refractivity contribution in [1.82, 2.24) is 10.5 Å². The van der Waals surface area contributed by atoms with E-state index in [0.717, 1.165) is 24.5 Å². The van der Waals surface area contributed by atoms with E-state index in [0.29, 0.717) is 39.0 Å². The van der Waals surface area contributed by atoms with Crippen LogP contribution in [0.3, 0.4) is 0 Å². The molecule has 20 heavy (non-hydrogen) atoms. The zero-order valence-electron chi connectivity index (χ0n) is 12.7. The highest BCUT2D eigenvalue weighted by Crippen LogP contribution is 2.05. The number of nitrogens with zero attached hydrogens (tertiary/aromatic N) is 1. The molecular weight excluding hydrogens is 260 g/mol. The van der Waals surface area contributed by atoms with Gasteiger partial charge in [-0.25, -0.2) is 0 Å². The van der Waals surface area contributed by atoms with Crippen molar-refractivity contribution < 1.29 is 18.7 Å². The maximum atomic E-state index is 5.45. The molecule has 0 saturated carbocycles. The first-order valence-corrected chi connectivity index (χ1v) is 7.04. The van der Waals surface area contributed by atoms with Gasteiger partial charge in [-0.3, -0.25) is 0 Å². The van der Waals surface area contributed by atoms with Crippen molar-refractivity contribution in [3.05, 3.63) is 17.5 Å². The summed E-state index contributed by atoms with van der Waals surface area (Å²) < 4.78 is 21.0. The van der Waals surface area contributed by atoms with Gasteiger partial charge in [-0.05, 0) is 6.42 Å². The predicted molar refractivity (Wildman–Crippen MR) is 75.4 cm³/mol. The lowest BCUT2D eigenvalue weighted by Crippen LogP contribution is -2.21. The van der Waals surface area contributed by atoms with Gasteiger partial charge in [0.15, 0.2) is 5.76 Å². The van der Waals surface area contributed by atoms with E-state index in [9.17, 15) is 0 Å². The summed E-state index contributed by atoms with van der Waals surface area (Å²) in [4.78, 5) is 0. The van der Waals surface area contributed by atoms with Crippen molar-refractivity contribution in [2.24, 2.45) is 0 Å². The maximum absolute atomic E-state index is 5.45. The molecule has 0 unspecified atom stereocenters. The van der Waals surface area contributed by atoms with Crippen molar-refractivity contribution in [3.63, 3.8) is 0 Å². The molecule has 1 rings (SSSR count). The molecule has 0 radical (unpaired) electrons. The van der Waals surface area contributed by atoms with E-state index in [1.54, 1.807) is 7.11 Å². The van der Waals surface area contributed by atoms with Gasteiger partial charge < -0.3 is 24.1 Å². The summed E-state index contributed by atoms with van der Waals surface area (Å²) in [6.07, 6.45) is 0.908. The van der Waals surface area contributed by atoms with Crippen LogP contribution in [0.2, 0.25) is 0 Å². The van der Waals surface area contributed by atoms with Gasteiger partial charge >= 0.3 is 0 Å². The summed E-state index contributed by atoms with van der Waals surface area (Å²) in [7, 11) is 1.69. The van der Waals surface area contributed by atoms with E-state index in [-0.39, 0.29) is 0 Å². The van der Waals surface area contributed by atoms with E-state index < -0.39 is 0 Å². The summed E-state index contributed by atoms with van der Waals surface area (Å²) in [6, 6.07) is 2.34.